The number of aryl methyl sites for hydroxylation is 2. The van der Waals surface area contributed by atoms with Gasteiger partial charge < -0.3 is 15.7 Å². The van der Waals surface area contributed by atoms with Gasteiger partial charge in [0.25, 0.3) is 0 Å². The standard InChI is InChI=1S/C13H21N3O2/c1-5-6-10(4)18-13-11(12(14)16-17)8(2)7-9(3)15-13/h7,10,17H,5-6H2,1-4H3,(H2,14,16). The molecule has 0 aliphatic heterocycles. The van der Waals surface area contributed by atoms with Gasteiger partial charge in [0.15, 0.2) is 5.84 Å². The predicted octanol–water partition coefficient (Wildman–Crippen LogP) is 2.36. The maximum atomic E-state index is 8.82. The Morgan fingerprint density at radius 1 is 1.56 bits per heavy atom. The fourth-order valence-electron chi connectivity index (χ4n) is 1.91. The summed E-state index contributed by atoms with van der Waals surface area (Å²) in [4.78, 5) is 4.33. The summed E-state index contributed by atoms with van der Waals surface area (Å²) in [5.74, 6) is 0.461. The highest BCUT2D eigenvalue weighted by Crippen LogP contribution is 2.22. The second kappa shape index (κ2) is 6.23. The first-order valence-corrected chi connectivity index (χ1v) is 6.12. The number of pyridine rings is 1. The molecule has 0 amide bonds. The Morgan fingerprint density at radius 2 is 2.22 bits per heavy atom. The number of nitrogens with two attached hydrogens (primary N) is 1. The molecule has 0 bridgehead atoms. The zero-order valence-electron chi connectivity index (χ0n) is 11.4. The van der Waals surface area contributed by atoms with E-state index < -0.39 is 0 Å². The number of hydrogen-bond donors (Lipinski definition) is 2. The number of oxime groups is 1. The minimum Gasteiger partial charge on any atom is -0.474 e. The fourth-order valence-corrected chi connectivity index (χ4v) is 1.91. The third-order valence-corrected chi connectivity index (χ3v) is 2.68. The van der Waals surface area contributed by atoms with Gasteiger partial charge in [0.05, 0.1) is 11.7 Å². The van der Waals surface area contributed by atoms with E-state index in [0.717, 1.165) is 24.1 Å². The molecule has 1 atom stereocenters. The van der Waals surface area contributed by atoms with E-state index in [1.807, 2.05) is 26.8 Å². The maximum absolute atomic E-state index is 8.82. The minimum absolute atomic E-state index is 0.0266. The van der Waals surface area contributed by atoms with Crippen molar-refractivity contribution in [2.45, 2.75) is 46.6 Å². The smallest absolute Gasteiger partial charge is 0.225 e. The lowest BCUT2D eigenvalue weighted by molar-refractivity contribution is 0.200. The fraction of sp³-hybridized carbons (Fsp3) is 0.538. The van der Waals surface area contributed by atoms with Crippen LogP contribution >= 0.6 is 0 Å². The van der Waals surface area contributed by atoms with E-state index in [1.165, 1.54) is 0 Å². The summed E-state index contributed by atoms with van der Waals surface area (Å²) in [6, 6.07) is 1.88. The summed E-state index contributed by atoms with van der Waals surface area (Å²) in [5, 5.41) is 11.9. The Kier molecular flexibility index (Phi) is 4.95. The molecule has 0 aliphatic rings. The second-order valence-electron chi connectivity index (χ2n) is 4.46. The lowest BCUT2D eigenvalue weighted by Gasteiger charge is -2.17. The molecule has 1 aromatic rings. The van der Waals surface area contributed by atoms with Crippen LogP contribution < -0.4 is 10.5 Å². The highest BCUT2D eigenvalue weighted by atomic mass is 16.5. The first-order chi connectivity index (χ1) is 8.49. The maximum Gasteiger partial charge on any atom is 0.225 e. The lowest BCUT2D eigenvalue weighted by atomic mass is 10.1. The van der Waals surface area contributed by atoms with E-state index in [0.29, 0.717) is 11.4 Å². The molecule has 0 aliphatic carbocycles. The third-order valence-electron chi connectivity index (χ3n) is 2.68. The molecule has 1 unspecified atom stereocenters. The number of rotatable bonds is 5. The Balaban J connectivity index is 3.15. The van der Waals surface area contributed by atoms with Crippen LogP contribution in [0.3, 0.4) is 0 Å². The Hall–Kier alpha value is -1.78. The number of ether oxygens (including phenoxy) is 1. The molecule has 0 radical (unpaired) electrons. The normalized spacial score (nSPS) is 13.4. The van der Waals surface area contributed by atoms with Crippen LogP contribution in [0.15, 0.2) is 11.2 Å². The summed E-state index contributed by atoms with van der Waals surface area (Å²) in [6.07, 6.45) is 2.02. The van der Waals surface area contributed by atoms with Gasteiger partial charge in [-0.1, -0.05) is 18.5 Å². The van der Waals surface area contributed by atoms with Gasteiger partial charge in [-0.2, -0.15) is 0 Å². The highest BCUT2D eigenvalue weighted by Gasteiger charge is 2.16. The number of hydrogen-bond acceptors (Lipinski definition) is 4. The molecule has 1 aromatic heterocycles. The van der Waals surface area contributed by atoms with Gasteiger partial charge in [0, 0.05) is 5.69 Å². The summed E-state index contributed by atoms with van der Waals surface area (Å²) in [6.45, 7) is 7.86. The first kappa shape index (κ1) is 14.3. The van der Waals surface area contributed by atoms with E-state index in [9.17, 15) is 0 Å². The van der Waals surface area contributed by atoms with E-state index in [1.54, 1.807) is 0 Å². The van der Waals surface area contributed by atoms with Crippen LogP contribution in [0.25, 0.3) is 0 Å². The average molecular weight is 251 g/mol. The quantitative estimate of drug-likeness (QED) is 0.364. The van der Waals surface area contributed by atoms with Crippen LogP contribution in [0.2, 0.25) is 0 Å². The molecule has 5 heteroatoms. The van der Waals surface area contributed by atoms with Gasteiger partial charge in [0.1, 0.15) is 0 Å². The van der Waals surface area contributed by atoms with Crippen LogP contribution in [-0.4, -0.2) is 22.1 Å². The van der Waals surface area contributed by atoms with Crippen molar-refractivity contribution in [3.8, 4) is 5.88 Å². The second-order valence-corrected chi connectivity index (χ2v) is 4.46. The van der Waals surface area contributed by atoms with E-state index >= 15 is 0 Å². The average Bonchev–Trinajstić information content (AvgIpc) is 2.27. The molecular weight excluding hydrogens is 230 g/mol. The zero-order valence-corrected chi connectivity index (χ0v) is 11.4. The number of aromatic nitrogens is 1. The van der Waals surface area contributed by atoms with Crippen molar-refractivity contribution in [1.82, 2.24) is 4.98 Å². The molecule has 1 rings (SSSR count). The van der Waals surface area contributed by atoms with Gasteiger partial charge >= 0.3 is 0 Å². The Labute approximate surface area is 108 Å². The van der Waals surface area contributed by atoms with Crippen molar-refractivity contribution in [3.63, 3.8) is 0 Å². The van der Waals surface area contributed by atoms with E-state index in [2.05, 4.69) is 17.1 Å². The summed E-state index contributed by atoms with van der Waals surface area (Å²) < 4.78 is 5.79. The molecule has 3 N–H and O–H groups in total. The summed E-state index contributed by atoms with van der Waals surface area (Å²) >= 11 is 0. The Bertz CT molecular complexity index is 444. The largest absolute Gasteiger partial charge is 0.474 e. The monoisotopic (exact) mass is 251 g/mol. The van der Waals surface area contributed by atoms with Crippen LogP contribution in [0.5, 0.6) is 5.88 Å². The molecule has 5 nitrogen and oxygen atoms in total. The van der Waals surface area contributed by atoms with Crippen molar-refractivity contribution in [2.24, 2.45) is 10.9 Å². The van der Waals surface area contributed by atoms with Crippen molar-refractivity contribution >= 4 is 5.84 Å². The molecule has 100 valence electrons. The minimum atomic E-state index is 0.0266. The molecule has 0 saturated carbocycles. The van der Waals surface area contributed by atoms with Gasteiger partial charge in [-0.3, -0.25) is 0 Å². The molecule has 0 fully saturated rings. The van der Waals surface area contributed by atoms with Crippen molar-refractivity contribution in [2.75, 3.05) is 0 Å². The van der Waals surface area contributed by atoms with Gasteiger partial charge in [-0.15, -0.1) is 0 Å². The highest BCUT2D eigenvalue weighted by molar-refractivity contribution is 6.00. The van der Waals surface area contributed by atoms with Crippen LogP contribution in [0.4, 0.5) is 0 Å². The molecule has 0 aromatic carbocycles. The van der Waals surface area contributed by atoms with Gasteiger partial charge in [-0.05, 0) is 38.8 Å². The van der Waals surface area contributed by atoms with Crippen LogP contribution in [0.1, 0.15) is 43.5 Å². The third kappa shape index (κ3) is 3.35. The first-order valence-electron chi connectivity index (χ1n) is 6.12. The van der Waals surface area contributed by atoms with Gasteiger partial charge in [-0.25, -0.2) is 4.98 Å². The van der Waals surface area contributed by atoms with Crippen molar-refractivity contribution in [1.29, 1.82) is 0 Å². The molecule has 0 saturated heterocycles. The van der Waals surface area contributed by atoms with Crippen LogP contribution in [-0.2, 0) is 0 Å². The van der Waals surface area contributed by atoms with Crippen LogP contribution in [0, 0.1) is 13.8 Å². The SMILES string of the molecule is CCCC(C)Oc1nc(C)cc(C)c1/C(N)=N/O. The summed E-state index contributed by atoms with van der Waals surface area (Å²) in [5.41, 5.74) is 7.97. The Morgan fingerprint density at radius 3 is 2.78 bits per heavy atom. The molecular formula is C13H21N3O2. The molecule has 1 heterocycles. The number of amidine groups is 1. The van der Waals surface area contributed by atoms with E-state index in [4.69, 9.17) is 15.7 Å². The molecule has 18 heavy (non-hydrogen) atoms. The summed E-state index contributed by atoms with van der Waals surface area (Å²) in [7, 11) is 0. The predicted molar refractivity (Wildman–Crippen MR) is 71.2 cm³/mol. The lowest BCUT2D eigenvalue weighted by Crippen LogP contribution is -2.20. The molecule has 0 spiro atoms. The topological polar surface area (TPSA) is 80.7 Å². The van der Waals surface area contributed by atoms with Crippen molar-refractivity contribution in [3.05, 3.63) is 22.9 Å². The number of nitrogens with zero attached hydrogens (tertiary/aromatic N) is 2. The van der Waals surface area contributed by atoms with Gasteiger partial charge in [0.2, 0.25) is 5.88 Å². The van der Waals surface area contributed by atoms with E-state index in [-0.39, 0.29) is 11.9 Å². The van der Waals surface area contributed by atoms with Crippen molar-refractivity contribution < 1.29 is 9.94 Å². The zero-order chi connectivity index (χ0) is 13.7.